The van der Waals surface area contributed by atoms with Crippen LogP contribution in [-0.2, 0) is 5.54 Å². The Labute approximate surface area is 113 Å². The van der Waals surface area contributed by atoms with Crippen molar-refractivity contribution in [3.05, 3.63) is 65.7 Å². The molecule has 3 rings (SSSR count). The molecule has 0 fully saturated rings. The molecule has 1 heterocycles. The van der Waals surface area contributed by atoms with Crippen LogP contribution in [0.1, 0.15) is 18.1 Å². The van der Waals surface area contributed by atoms with E-state index in [0.29, 0.717) is 0 Å². The van der Waals surface area contributed by atoms with Crippen LogP contribution in [-0.4, -0.2) is 7.11 Å². The number of hydrogen-bond acceptors (Lipinski definition) is 2. The molecule has 2 aromatic rings. The van der Waals surface area contributed by atoms with E-state index < -0.39 is 0 Å². The normalized spacial score (nSPS) is 20.5. The van der Waals surface area contributed by atoms with Crippen molar-refractivity contribution in [1.82, 2.24) is 0 Å². The fourth-order valence-electron chi connectivity index (χ4n) is 2.45. The molecule has 0 spiro atoms. The van der Waals surface area contributed by atoms with Gasteiger partial charge in [-0.25, -0.2) is 0 Å². The zero-order chi connectivity index (χ0) is 13.3. The van der Waals surface area contributed by atoms with Gasteiger partial charge in [0.05, 0.1) is 12.6 Å². The second kappa shape index (κ2) is 4.47. The molecule has 1 unspecified atom stereocenters. The molecular weight excluding hydrogens is 234 g/mol. The molecule has 0 aliphatic carbocycles. The molecule has 0 saturated carbocycles. The molecule has 1 aliphatic heterocycles. The van der Waals surface area contributed by atoms with Crippen LogP contribution in [0.25, 0.3) is 6.08 Å². The molecule has 0 aromatic heterocycles. The highest BCUT2D eigenvalue weighted by Gasteiger charge is 2.26. The highest BCUT2D eigenvalue weighted by atomic mass is 16.5. The number of hydrogen-bond donors (Lipinski definition) is 1. The van der Waals surface area contributed by atoms with E-state index in [-0.39, 0.29) is 5.54 Å². The molecule has 1 N–H and O–H groups in total. The molecule has 2 heteroatoms. The van der Waals surface area contributed by atoms with Crippen molar-refractivity contribution in [3.63, 3.8) is 0 Å². The maximum atomic E-state index is 5.31. The van der Waals surface area contributed by atoms with Gasteiger partial charge in [-0.15, -0.1) is 0 Å². The van der Waals surface area contributed by atoms with E-state index in [2.05, 4.69) is 60.8 Å². The molecule has 1 aliphatic rings. The smallest absolute Gasteiger partial charge is 0.119 e. The van der Waals surface area contributed by atoms with E-state index >= 15 is 0 Å². The van der Waals surface area contributed by atoms with Crippen LogP contribution < -0.4 is 10.1 Å². The fraction of sp³-hybridized carbons (Fsp3) is 0.176. The Balaban J connectivity index is 2.01. The fourth-order valence-corrected chi connectivity index (χ4v) is 2.45. The highest BCUT2D eigenvalue weighted by Crippen LogP contribution is 2.35. The molecule has 96 valence electrons. The minimum Gasteiger partial charge on any atom is -0.497 e. The molecule has 0 bridgehead atoms. The second-order valence-corrected chi connectivity index (χ2v) is 4.98. The predicted octanol–water partition coefficient (Wildman–Crippen LogP) is 4.05. The Morgan fingerprint density at radius 3 is 2.74 bits per heavy atom. The van der Waals surface area contributed by atoms with Gasteiger partial charge >= 0.3 is 0 Å². The van der Waals surface area contributed by atoms with Gasteiger partial charge in [0.1, 0.15) is 5.75 Å². The standard InChI is InChI=1S/C17H17NO/c1-17(14-7-5-8-15(12-14)19-2)11-10-13-6-3-4-9-16(13)18-17/h3-12,18H,1-2H3. The van der Waals surface area contributed by atoms with E-state index in [4.69, 9.17) is 4.74 Å². The molecule has 0 amide bonds. The summed E-state index contributed by atoms with van der Waals surface area (Å²) < 4.78 is 5.31. The third-order valence-electron chi connectivity index (χ3n) is 3.62. The van der Waals surface area contributed by atoms with E-state index in [1.165, 1.54) is 11.1 Å². The molecule has 2 nitrogen and oxygen atoms in total. The van der Waals surface area contributed by atoms with Crippen molar-refractivity contribution in [3.8, 4) is 5.75 Å². The largest absolute Gasteiger partial charge is 0.497 e. The van der Waals surface area contributed by atoms with Crippen LogP contribution in [0, 0.1) is 0 Å². The number of methoxy groups -OCH3 is 1. The molecule has 0 saturated heterocycles. The number of nitrogens with one attached hydrogen (secondary N) is 1. The van der Waals surface area contributed by atoms with Crippen LogP contribution in [0.4, 0.5) is 5.69 Å². The quantitative estimate of drug-likeness (QED) is 0.869. The van der Waals surface area contributed by atoms with Crippen LogP contribution in [0.15, 0.2) is 54.6 Å². The molecule has 0 radical (unpaired) electrons. The van der Waals surface area contributed by atoms with E-state index in [1.807, 2.05) is 12.1 Å². The van der Waals surface area contributed by atoms with Gasteiger partial charge in [-0.1, -0.05) is 42.5 Å². The summed E-state index contributed by atoms with van der Waals surface area (Å²) in [5.74, 6) is 0.882. The first-order valence-electron chi connectivity index (χ1n) is 6.42. The number of anilines is 1. The van der Waals surface area contributed by atoms with Gasteiger partial charge in [-0.2, -0.15) is 0 Å². The SMILES string of the molecule is COc1cccc(C2(C)C=Cc3ccccc3N2)c1. The number of fused-ring (bicyclic) bond motifs is 1. The van der Waals surface area contributed by atoms with Crippen molar-refractivity contribution in [2.45, 2.75) is 12.5 Å². The average molecular weight is 251 g/mol. The first-order chi connectivity index (χ1) is 9.21. The molecule has 1 atom stereocenters. The lowest BCUT2D eigenvalue weighted by atomic mass is 9.87. The van der Waals surface area contributed by atoms with Gasteiger partial charge in [-0.3, -0.25) is 0 Å². The zero-order valence-electron chi connectivity index (χ0n) is 11.2. The molecule has 2 aromatic carbocycles. The van der Waals surface area contributed by atoms with E-state index in [1.54, 1.807) is 7.11 Å². The Kier molecular flexibility index (Phi) is 2.79. The number of para-hydroxylation sites is 1. The van der Waals surface area contributed by atoms with Gasteiger partial charge in [0.2, 0.25) is 0 Å². The minimum absolute atomic E-state index is 0.205. The highest BCUT2D eigenvalue weighted by molar-refractivity contribution is 5.73. The summed E-state index contributed by atoms with van der Waals surface area (Å²) in [6.07, 6.45) is 4.37. The Hall–Kier alpha value is -2.22. The number of rotatable bonds is 2. The number of benzene rings is 2. The Morgan fingerprint density at radius 1 is 1.05 bits per heavy atom. The average Bonchev–Trinajstić information content (AvgIpc) is 2.47. The van der Waals surface area contributed by atoms with Crippen LogP contribution in [0.2, 0.25) is 0 Å². The van der Waals surface area contributed by atoms with E-state index in [9.17, 15) is 0 Å². The lowest BCUT2D eigenvalue weighted by molar-refractivity contribution is 0.413. The summed E-state index contributed by atoms with van der Waals surface area (Å²) in [4.78, 5) is 0. The van der Waals surface area contributed by atoms with Gasteiger partial charge in [0.25, 0.3) is 0 Å². The van der Waals surface area contributed by atoms with Crippen molar-refractivity contribution >= 4 is 11.8 Å². The maximum Gasteiger partial charge on any atom is 0.119 e. The van der Waals surface area contributed by atoms with Crippen molar-refractivity contribution in [2.24, 2.45) is 0 Å². The monoisotopic (exact) mass is 251 g/mol. The summed E-state index contributed by atoms with van der Waals surface area (Å²) >= 11 is 0. The van der Waals surface area contributed by atoms with Gasteiger partial charge in [-0.05, 0) is 36.2 Å². The lowest BCUT2D eigenvalue weighted by Gasteiger charge is -2.33. The summed E-state index contributed by atoms with van der Waals surface area (Å²) in [5.41, 5.74) is 3.37. The van der Waals surface area contributed by atoms with E-state index in [0.717, 1.165) is 11.4 Å². The van der Waals surface area contributed by atoms with Crippen molar-refractivity contribution in [1.29, 1.82) is 0 Å². The lowest BCUT2D eigenvalue weighted by Crippen LogP contribution is -2.31. The molecular formula is C17H17NO. The number of ether oxygens (including phenoxy) is 1. The third kappa shape index (κ3) is 2.10. The van der Waals surface area contributed by atoms with Crippen LogP contribution in [0.3, 0.4) is 0 Å². The second-order valence-electron chi connectivity index (χ2n) is 4.98. The third-order valence-corrected chi connectivity index (χ3v) is 3.62. The first kappa shape index (κ1) is 11.8. The Bertz CT molecular complexity index is 633. The predicted molar refractivity (Wildman–Crippen MR) is 79.4 cm³/mol. The van der Waals surface area contributed by atoms with Crippen molar-refractivity contribution < 1.29 is 4.74 Å². The topological polar surface area (TPSA) is 21.3 Å². The first-order valence-corrected chi connectivity index (χ1v) is 6.42. The van der Waals surface area contributed by atoms with Crippen LogP contribution >= 0.6 is 0 Å². The van der Waals surface area contributed by atoms with Gasteiger partial charge in [0.15, 0.2) is 0 Å². The van der Waals surface area contributed by atoms with Gasteiger partial charge in [0, 0.05) is 5.69 Å². The van der Waals surface area contributed by atoms with Gasteiger partial charge < -0.3 is 10.1 Å². The summed E-state index contributed by atoms with van der Waals surface area (Å²) in [7, 11) is 1.70. The zero-order valence-corrected chi connectivity index (χ0v) is 11.2. The Morgan fingerprint density at radius 2 is 1.89 bits per heavy atom. The summed E-state index contributed by atoms with van der Waals surface area (Å²) in [5, 5.41) is 3.60. The minimum atomic E-state index is -0.205. The van der Waals surface area contributed by atoms with Crippen molar-refractivity contribution in [2.75, 3.05) is 12.4 Å². The van der Waals surface area contributed by atoms with Crippen LogP contribution in [0.5, 0.6) is 5.75 Å². The summed E-state index contributed by atoms with van der Waals surface area (Å²) in [6.45, 7) is 2.17. The summed E-state index contributed by atoms with van der Waals surface area (Å²) in [6, 6.07) is 16.5. The maximum absolute atomic E-state index is 5.31. The molecule has 19 heavy (non-hydrogen) atoms.